The second-order valence-corrected chi connectivity index (χ2v) is 9.48. The van der Waals surface area contributed by atoms with Crippen LogP contribution in [0.15, 0.2) is 39.8 Å². The molecular formula is C21H26N4O6S. The number of anilines is 1. The highest BCUT2D eigenvalue weighted by molar-refractivity contribution is 7.89. The number of hydrogen-bond donors (Lipinski definition) is 1. The van der Waals surface area contributed by atoms with Crippen LogP contribution in [0.3, 0.4) is 0 Å². The molecule has 0 unspecified atom stereocenters. The Balaban J connectivity index is 1.44. The van der Waals surface area contributed by atoms with Gasteiger partial charge in [-0.15, -0.1) is 5.10 Å². The van der Waals surface area contributed by atoms with Gasteiger partial charge in [-0.25, -0.2) is 8.42 Å². The minimum absolute atomic E-state index is 0.0297. The van der Waals surface area contributed by atoms with Gasteiger partial charge in [0.05, 0.1) is 4.90 Å². The van der Waals surface area contributed by atoms with Crippen molar-refractivity contribution >= 4 is 27.7 Å². The molecule has 0 spiro atoms. The van der Waals surface area contributed by atoms with E-state index in [1.807, 2.05) is 6.92 Å². The van der Waals surface area contributed by atoms with Gasteiger partial charge in [-0.3, -0.25) is 10.1 Å². The highest BCUT2D eigenvalue weighted by Gasteiger charge is 2.31. The molecule has 2 heterocycles. The van der Waals surface area contributed by atoms with E-state index in [9.17, 15) is 13.2 Å². The van der Waals surface area contributed by atoms with E-state index in [-0.39, 0.29) is 34.2 Å². The highest BCUT2D eigenvalue weighted by Crippen LogP contribution is 2.28. The number of amides is 1. The molecule has 1 aromatic carbocycles. The normalized spacial score (nSPS) is 17.4. The lowest BCUT2D eigenvalue weighted by molar-refractivity contribution is 0.102. The molecule has 0 radical (unpaired) electrons. The van der Waals surface area contributed by atoms with Crippen molar-refractivity contribution in [3.8, 4) is 0 Å². The molecule has 11 heteroatoms. The first-order valence-corrected chi connectivity index (χ1v) is 12.1. The van der Waals surface area contributed by atoms with E-state index in [1.165, 1.54) is 30.5 Å². The molecule has 1 amide bonds. The molecule has 0 saturated heterocycles. The maximum atomic E-state index is 13.2. The van der Waals surface area contributed by atoms with Crippen molar-refractivity contribution in [1.82, 2.24) is 14.5 Å². The number of rotatable bonds is 7. The van der Waals surface area contributed by atoms with Gasteiger partial charge in [0.15, 0.2) is 0 Å². The van der Waals surface area contributed by atoms with E-state index in [0.29, 0.717) is 19.8 Å². The molecule has 0 atom stereocenters. The molecule has 32 heavy (non-hydrogen) atoms. The third-order valence-electron chi connectivity index (χ3n) is 5.52. The first kappa shape index (κ1) is 22.3. The van der Waals surface area contributed by atoms with Crippen LogP contribution in [0.1, 0.15) is 55.3 Å². The van der Waals surface area contributed by atoms with Gasteiger partial charge in [0, 0.05) is 18.2 Å². The molecule has 4 rings (SSSR count). The monoisotopic (exact) mass is 462 g/mol. The van der Waals surface area contributed by atoms with E-state index in [0.717, 1.165) is 32.1 Å². The van der Waals surface area contributed by atoms with Crippen LogP contribution < -0.4 is 5.32 Å². The summed E-state index contributed by atoms with van der Waals surface area (Å²) in [7, 11) is -3.63. The summed E-state index contributed by atoms with van der Waals surface area (Å²) in [5, 5.41) is 10.1. The van der Waals surface area contributed by atoms with Gasteiger partial charge in [-0.2, -0.15) is 4.31 Å². The predicted molar refractivity (Wildman–Crippen MR) is 115 cm³/mol. The van der Waals surface area contributed by atoms with Gasteiger partial charge in [0.25, 0.3) is 11.8 Å². The predicted octanol–water partition coefficient (Wildman–Crippen LogP) is 3.01. The summed E-state index contributed by atoms with van der Waals surface area (Å²) in [4.78, 5) is 12.7. The summed E-state index contributed by atoms with van der Waals surface area (Å²) in [6.07, 6.45) is 6.38. The zero-order valence-electron chi connectivity index (χ0n) is 17.8. The first-order chi connectivity index (χ1) is 15.5. The number of ether oxygens (including phenoxy) is 2. The van der Waals surface area contributed by atoms with Crippen molar-refractivity contribution in [2.75, 3.05) is 25.1 Å². The van der Waals surface area contributed by atoms with E-state index in [4.69, 9.17) is 13.9 Å². The highest BCUT2D eigenvalue weighted by atomic mass is 32.2. The van der Waals surface area contributed by atoms with E-state index in [2.05, 4.69) is 15.5 Å². The molecule has 1 N–H and O–H groups in total. The SMILES string of the molecule is CCN(C1CCCCC1)S(=O)(=O)c1ccc(C(=O)Nc2nnc(C3=COCCO3)o2)cc1. The van der Waals surface area contributed by atoms with Crippen molar-refractivity contribution in [2.45, 2.75) is 50.0 Å². The van der Waals surface area contributed by atoms with Crippen molar-refractivity contribution < 1.29 is 27.1 Å². The number of hydrogen-bond acceptors (Lipinski definition) is 8. The molecule has 1 saturated carbocycles. The second kappa shape index (κ2) is 9.70. The lowest BCUT2D eigenvalue weighted by atomic mass is 9.95. The summed E-state index contributed by atoms with van der Waals surface area (Å²) in [6.45, 7) is 3.07. The van der Waals surface area contributed by atoms with Crippen molar-refractivity contribution in [2.24, 2.45) is 0 Å². The number of aromatic nitrogens is 2. The largest absolute Gasteiger partial charge is 0.494 e. The van der Waals surface area contributed by atoms with Gasteiger partial charge >= 0.3 is 6.01 Å². The third kappa shape index (κ3) is 4.78. The molecule has 1 fully saturated rings. The first-order valence-electron chi connectivity index (χ1n) is 10.7. The fourth-order valence-corrected chi connectivity index (χ4v) is 5.62. The Labute approximate surface area is 186 Å². The number of benzene rings is 1. The maximum Gasteiger partial charge on any atom is 0.322 e. The van der Waals surface area contributed by atoms with Crippen LogP contribution in [0.25, 0.3) is 5.76 Å². The Bertz CT molecular complexity index is 1070. The van der Waals surface area contributed by atoms with Crippen molar-refractivity contribution in [3.63, 3.8) is 0 Å². The van der Waals surface area contributed by atoms with Crippen LogP contribution in [-0.4, -0.2) is 54.6 Å². The minimum atomic E-state index is -3.63. The summed E-state index contributed by atoms with van der Waals surface area (Å²) < 4.78 is 43.8. The van der Waals surface area contributed by atoms with E-state index >= 15 is 0 Å². The molecule has 2 aliphatic rings. The average Bonchev–Trinajstić information content (AvgIpc) is 3.29. The van der Waals surface area contributed by atoms with E-state index < -0.39 is 15.9 Å². The van der Waals surface area contributed by atoms with Gasteiger partial charge in [-0.05, 0) is 37.1 Å². The molecule has 2 aromatic rings. The Kier molecular flexibility index (Phi) is 6.75. The molecule has 1 aromatic heterocycles. The number of sulfonamides is 1. The van der Waals surface area contributed by atoms with Crippen LogP contribution in [0.4, 0.5) is 6.01 Å². The summed E-state index contributed by atoms with van der Waals surface area (Å²) >= 11 is 0. The Morgan fingerprint density at radius 2 is 1.88 bits per heavy atom. The fourth-order valence-electron chi connectivity index (χ4n) is 3.93. The zero-order chi connectivity index (χ0) is 22.6. The molecule has 1 aliphatic heterocycles. The zero-order valence-corrected chi connectivity index (χ0v) is 18.6. The van der Waals surface area contributed by atoms with Crippen LogP contribution in [-0.2, 0) is 19.5 Å². The Morgan fingerprint density at radius 1 is 1.12 bits per heavy atom. The lowest BCUT2D eigenvalue weighted by Crippen LogP contribution is -2.41. The summed E-state index contributed by atoms with van der Waals surface area (Å²) in [6, 6.07) is 5.76. The van der Waals surface area contributed by atoms with Crippen molar-refractivity contribution in [1.29, 1.82) is 0 Å². The number of nitrogens with zero attached hydrogens (tertiary/aromatic N) is 3. The number of carbonyl (C=O) groups is 1. The Morgan fingerprint density at radius 3 is 2.53 bits per heavy atom. The molecule has 0 bridgehead atoms. The third-order valence-corrected chi connectivity index (χ3v) is 7.56. The van der Waals surface area contributed by atoms with Gasteiger partial charge in [0.1, 0.15) is 19.5 Å². The topological polar surface area (TPSA) is 124 Å². The van der Waals surface area contributed by atoms with Gasteiger partial charge in [0.2, 0.25) is 15.8 Å². The standard InChI is InChI=1S/C21H26N4O6S/c1-2-25(16-6-4-3-5-7-16)32(27,28)17-10-8-15(9-11-17)19(26)22-21-24-23-20(31-21)18-14-29-12-13-30-18/h8-11,14,16H,2-7,12-13H2,1H3,(H,22,24,26). The molecule has 172 valence electrons. The maximum absolute atomic E-state index is 13.2. The smallest absolute Gasteiger partial charge is 0.322 e. The number of nitrogens with one attached hydrogen (secondary N) is 1. The number of carbonyl (C=O) groups excluding carboxylic acids is 1. The van der Waals surface area contributed by atoms with Crippen LogP contribution in [0, 0.1) is 0 Å². The second-order valence-electron chi connectivity index (χ2n) is 7.59. The Hall–Kier alpha value is -2.92. The van der Waals surface area contributed by atoms with Gasteiger partial charge in [-0.1, -0.05) is 31.3 Å². The van der Waals surface area contributed by atoms with Crippen molar-refractivity contribution in [3.05, 3.63) is 42.0 Å². The van der Waals surface area contributed by atoms with Crippen LogP contribution in [0.2, 0.25) is 0 Å². The fraction of sp³-hybridized carbons (Fsp3) is 0.476. The quantitative estimate of drug-likeness (QED) is 0.666. The van der Waals surface area contributed by atoms with Gasteiger partial charge < -0.3 is 13.9 Å². The summed E-state index contributed by atoms with van der Waals surface area (Å²) in [5.41, 5.74) is 0.265. The minimum Gasteiger partial charge on any atom is -0.494 e. The average molecular weight is 463 g/mol. The molecule has 10 nitrogen and oxygen atoms in total. The molecular weight excluding hydrogens is 436 g/mol. The summed E-state index contributed by atoms with van der Waals surface area (Å²) in [5.74, 6) is -0.125. The van der Waals surface area contributed by atoms with Crippen LogP contribution >= 0.6 is 0 Å². The van der Waals surface area contributed by atoms with Crippen LogP contribution in [0.5, 0.6) is 0 Å². The van der Waals surface area contributed by atoms with E-state index in [1.54, 1.807) is 4.31 Å². The lowest BCUT2D eigenvalue weighted by Gasteiger charge is -2.32. The molecule has 1 aliphatic carbocycles.